The Morgan fingerprint density at radius 3 is 2.50 bits per heavy atom. The van der Waals surface area contributed by atoms with E-state index in [2.05, 4.69) is 4.52 Å². The molecule has 0 aromatic carbocycles. The molecule has 0 saturated carbocycles. The van der Waals surface area contributed by atoms with Crippen LogP contribution in [0.15, 0.2) is 15.8 Å². The first-order valence-electron chi connectivity index (χ1n) is 6.31. The van der Waals surface area contributed by atoms with E-state index in [1.54, 1.807) is 4.98 Å². The van der Waals surface area contributed by atoms with Crippen LogP contribution in [-0.4, -0.2) is 65.5 Å². The second-order valence-corrected chi connectivity index (χ2v) is 6.09. The van der Waals surface area contributed by atoms with E-state index in [4.69, 9.17) is 19.6 Å². The summed E-state index contributed by atoms with van der Waals surface area (Å²) in [6, 6.07) is 0. The Morgan fingerprint density at radius 1 is 1.33 bits per heavy atom. The number of carbonyl (C=O) groups is 1. The molecule has 0 radical (unpaired) electrons. The Kier molecular flexibility index (Phi) is 5.05. The predicted molar refractivity (Wildman–Crippen MR) is 72.2 cm³/mol. The molecule has 4 atom stereocenters. The van der Waals surface area contributed by atoms with Gasteiger partial charge in [0.25, 0.3) is 5.56 Å². The normalized spacial score (nSPS) is 27.3. The van der Waals surface area contributed by atoms with Gasteiger partial charge in [-0.2, -0.15) is 0 Å². The number of aliphatic hydroxyl groups excluding tert-OH is 2. The number of ether oxygens (including phenoxy) is 1. The minimum atomic E-state index is -4.86. The molecule has 2 heterocycles. The molecule has 1 aliphatic rings. The van der Waals surface area contributed by atoms with Crippen LogP contribution in [0.2, 0.25) is 0 Å². The van der Waals surface area contributed by atoms with Gasteiger partial charge in [0, 0.05) is 6.20 Å². The summed E-state index contributed by atoms with van der Waals surface area (Å²) >= 11 is 0. The molecule has 1 aromatic rings. The Morgan fingerprint density at radius 2 is 1.96 bits per heavy atom. The summed E-state index contributed by atoms with van der Waals surface area (Å²) in [4.78, 5) is 53.0. The van der Waals surface area contributed by atoms with Crippen LogP contribution in [0.25, 0.3) is 0 Å². The van der Waals surface area contributed by atoms with Gasteiger partial charge in [-0.25, -0.2) is 14.2 Å². The molecule has 134 valence electrons. The molecular formula is C10H13N2O11P. The number of aliphatic hydroxyl groups is 2. The average molecular weight is 368 g/mol. The number of hydrogen-bond donors (Lipinski definition) is 6. The first kappa shape index (κ1) is 18.5. The van der Waals surface area contributed by atoms with Crippen molar-refractivity contribution < 1.29 is 43.7 Å². The Hall–Kier alpha value is -1.86. The van der Waals surface area contributed by atoms with Crippen LogP contribution in [0.4, 0.5) is 0 Å². The summed E-state index contributed by atoms with van der Waals surface area (Å²) in [5.74, 6) is -1.64. The van der Waals surface area contributed by atoms with Gasteiger partial charge in [0.05, 0.1) is 6.61 Å². The minimum absolute atomic E-state index is 0.538. The second-order valence-electron chi connectivity index (χ2n) is 4.85. The Bertz CT molecular complexity index is 795. The van der Waals surface area contributed by atoms with Crippen molar-refractivity contribution in [1.29, 1.82) is 0 Å². The van der Waals surface area contributed by atoms with Gasteiger partial charge < -0.3 is 29.8 Å². The van der Waals surface area contributed by atoms with Gasteiger partial charge in [-0.15, -0.1) is 0 Å². The Balaban J connectivity index is 2.31. The van der Waals surface area contributed by atoms with Gasteiger partial charge in [-0.3, -0.25) is 18.9 Å². The third-order valence-corrected chi connectivity index (χ3v) is 3.70. The van der Waals surface area contributed by atoms with E-state index in [9.17, 15) is 29.2 Å². The first-order valence-corrected chi connectivity index (χ1v) is 7.84. The molecule has 0 spiro atoms. The number of aromatic carboxylic acids is 1. The van der Waals surface area contributed by atoms with Crippen LogP contribution < -0.4 is 11.2 Å². The van der Waals surface area contributed by atoms with Gasteiger partial charge in [-0.1, -0.05) is 0 Å². The Labute approximate surface area is 131 Å². The van der Waals surface area contributed by atoms with Crippen LogP contribution >= 0.6 is 7.82 Å². The number of phosphoric acid groups is 1. The van der Waals surface area contributed by atoms with Gasteiger partial charge >= 0.3 is 19.5 Å². The van der Waals surface area contributed by atoms with Crippen molar-refractivity contribution in [2.24, 2.45) is 0 Å². The maximum Gasteiger partial charge on any atom is 0.469 e. The molecule has 1 fully saturated rings. The number of carboxylic acid groups (broad SMARTS) is 1. The maximum absolute atomic E-state index is 11.8. The SMILES string of the molecule is O=C(O)c1cn([C@@H]2O[C@H](COP(=O)(O)O)[C@@H](O)[C@H]2O)c(=O)[nH]c1=O. The zero-order chi connectivity index (χ0) is 18.2. The molecule has 0 aliphatic carbocycles. The highest BCUT2D eigenvalue weighted by molar-refractivity contribution is 7.46. The second kappa shape index (κ2) is 6.57. The van der Waals surface area contributed by atoms with E-state index in [1.165, 1.54) is 0 Å². The summed E-state index contributed by atoms with van der Waals surface area (Å²) in [6.07, 6.45) is -5.83. The number of rotatable bonds is 5. The number of nitrogens with one attached hydrogen (secondary N) is 1. The quantitative estimate of drug-likeness (QED) is 0.288. The highest BCUT2D eigenvalue weighted by Gasteiger charge is 2.45. The lowest BCUT2D eigenvalue weighted by atomic mass is 10.1. The molecule has 0 bridgehead atoms. The molecule has 6 N–H and O–H groups in total. The molecule has 1 aliphatic heterocycles. The van der Waals surface area contributed by atoms with Crippen LogP contribution in [0, 0.1) is 0 Å². The summed E-state index contributed by atoms with van der Waals surface area (Å²) in [5, 5.41) is 28.6. The zero-order valence-electron chi connectivity index (χ0n) is 11.7. The molecule has 0 unspecified atom stereocenters. The fourth-order valence-electron chi connectivity index (χ4n) is 2.09. The van der Waals surface area contributed by atoms with Crippen LogP contribution in [0.1, 0.15) is 16.6 Å². The highest BCUT2D eigenvalue weighted by Crippen LogP contribution is 2.38. The van der Waals surface area contributed by atoms with Gasteiger partial charge in [0.15, 0.2) is 6.23 Å². The fourth-order valence-corrected chi connectivity index (χ4v) is 2.44. The third-order valence-electron chi connectivity index (χ3n) is 3.22. The van der Waals surface area contributed by atoms with Crippen molar-refractivity contribution in [1.82, 2.24) is 9.55 Å². The summed E-state index contributed by atoms with van der Waals surface area (Å²) in [6.45, 7) is -0.803. The lowest BCUT2D eigenvalue weighted by Gasteiger charge is -2.17. The highest BCUT2D eigenvalue weighted by atomic mass is 31.2. The van der Waals surface area contributed by atoms with Crippen molar-refractivity contribution in [3.63, 3.8) is 0 Å². The van der Waals surface area contributed by atoms with Crippen LogP contribution in [-0.2, 0) is 13.8 Å². The smallest absolute Gasteiger partial charge is 0.469 e. The van der Waals surface area contributed by atoms with Crippen LogP contribution in [0.3, 0.4) is 0 Å². The van der Waals surface area contributed by atoms with E-state index in [0.717, 1.165) is 0 Å². The van der Waals surface area contributed by atoms with E-state index in [-0.39, 0.29) is 0 Å². The lowest BCUT2D eigenvalue weighted by Crippen LogP contribution is -2.39. The first-order chi connectivity index (χ1) is 11.0. The molecule has 1 aromatic heterocycles. The van der Waals surface area contributed by atoms with Gasteiger partial charge in [-0.05, 0) is 0 Å². The van der Waals surface area contributed by atoms with Crippen molar-refractivity contribution >= 4 is 13.8 Å². The number of aromatic nitrogens is 2. The molecule has 13 nitrogen and oxygen atoms in total. The molecule has 0 amide bonds. The summed E-state index contributed by atoms with van der Waals surface area (Å²) < 4.78 is 20.5. The topological polar surface area (TPSA) is 209 Å². The molecule has 2 rings (SSSR count). The van der Waals surface area contributed by atoms with Gasteiger partial charge in [0.1, 0.15) is 23.9 Å². The third kappa shape index (κ3) is 3.79. The molecule has 14 heteroatoms. The molecule has 1 saturated heterocycles. The average Bonchev–Trinajstić information content (AvgIpc) is 2.72. The molecular weight excluding hydrogens is 355 g/mol. The van der Waals surface area contributed by atoms with E-state index in [1.807, 2.05) is 0 Å². The van der Waals surface area contributed by atoms with Gasteiger partial charge in [0.2, 0.25) is 0 Å². The van der Waals surface area contributed by atoms with Crippen LogP contribution in [0.5, 0.6) is 0 Å². The van der Waals surface area contributed by atoms with Crippen molar-refractivity contribution in [2.45, 2.75) is 24.5 Å². The monoisotopic (exact) mass is 368 g/mol. The largest absolute Gasteiger partial charge is 0.477 e. The number of aromatic amines is 1. The van der Waals surface area contributed by atoms with Crippen molar-refractivity contribution in [3.05, 3.63) is 32.6 Å². The van der Waals surface area contributed by atoms with Crippen molar-refractivity contribution in [2.75, 3.05) is 6.61 Å². The number of carboxylic acids is 1. The van der Waals surface area contributed by atoms with Crippen molar-refractivity contribution in [3.8, 4) is 0 Å². The molecule has 24 heavy (non-hydrogen) atoms. The van der Waals surface area contributed by atoms with E-state index >= 15 is 0 Å². The minimum Gasteiger partial charge on any atom is -0.477 e. The number of nitrogens with zero attached hydrogens (tertiary/aromatic N) is 1. The standard InChI is InChI=1S/C10H13N2O11P/c13-5-4(2-22-24(19,20)21)23-8(6(5)14)12-1-3(9(16)17)7(15)11-10(12)18/h1,4-6,8,13-14H,2H2,(H,16,17)(H,11,15,18)(H2,19,20,21)/t4-,5-,6-,8-/m1/s1. The maximum atomic E-state index is 11.8. The zero-order valence-corrected chi connectivity index (χ0v) is 12.6. The lowest BCUT2D eigenvalue weighted by molar-refractivity contribution is -0.0544. The summed E-state index contributed by atoms with van der Waals surface area (Å²) in [5.41, 5.74) is -3.09. The number of hydrogen-bond acceptors (Lipinski definition) is 8. The predicted octanol–water partition coefficient (Wildman–Crippen LogP) is -3.04. The summed E-state index contributed by atoms with van der Waals surface area (Å²) in [7, 11) is -4.86. The fraction of sp³-hybridized carbons (Fsp3) is 0.500. The number of H-pyrrole nitrogens is 1. The number of phosphoric ester groups is 1. The van der Waals surface area contributed by atoms with E-state index < -0.39 is 61.8 Å². The van der Waals surface area contributed by atoms with E-state index in [0.29, 0.717) is 10.8 Å².